The topological polar surface area (TPSA) is 82.2 Å². The molecule has 2 aromatic carbocycles. The van der Waals surface area contributed by atoms with E-state index in [4.69, 9.17) is 10.5 Å². The van der Waals surface area contributed by atoms with E-state index in [1.54, 1.807) is 24.3 Å². The van der Waals surface area contributed by atoms with Crippen molar-refractivity contribution in [2.45, 2.75) is 0 Å². The molecule has 0 saturated heterocycles. The molecule has 1 aliphatic rings. The first-order valence-corrected chi connectivity index (χ1v) is 9.11. The highest BCUT2D eigenvalue weighted by Gasteiger charge is 2.42. The molecule has 1 heterocycles. The van der Waals surface area contributed by atoms with Gasteiger partial charge in [0.2, 0.25) is 0 Å². The molecule has 144 valence electrons. The summed E-state index contributed by atoms with van der Waals surface area (Å²) >= 11 is 0. The van der Waals surface area contributed by atoms with Gasteiger partial charge in [-0.05, 0) is 35.2 Å². The summed E-state index contributed by atoms with van der Waals surface area (Å²) in [6, 6.07) is 9.76. The first-order chi connectivity index (χ1) is 12.0. The lowest BCUT2D eigenvalue weighted by Crippen LogP contribution is -2.34. The van der Waals surface area contributed by atoms with Crippen LogP contribution in [0.2, 0.25) is 0 Å². The number of ether oxygens (including phenoxy) is 1. The molecule has 2 aromatic rings. The van der Waals surface area contributed by atoms with E-state index < -0.39 is 22.6 Å². The first-order valence-electron chi connectivity index (χ1n) is 7.65. The average Bonchev–Trinajstić information content (AvgIpc) is 2.79. The maximum absolute atomic E-state index is 14.3. The first kappa shape index (κ1) is 20.7. The van der Waals surface area contributed by atoms with Crippen LogP contribution in [0.3, 0.4) is 0 Å². The monoisotopic (exact) mass is 407 g/mol. The quantitative estimate of drug-likeness (QED) is 0.630. The molecule has 0 radical (unpaired) electrons. The average molecular weight is 408 g/mol. The molecule has 0 saturated carbocycles. The molecule has 6 nitrogen and oxygen atoms in total. The zero-order valence-corrected chi connectivity index (χ0v) is 15.3. The number of benzene rings is 2. The molecule has 0 amide bonds. The Morgan fingerprint density at radius 2 is 1.69 bits per heavy atom. The van der Waals surface area contributed by atoms with Crippen molar-refractivity contribution in [1.29, 1.82) is 0 Å². The van der Waals surface area contributed by atoms with Gasteiger partial charge in [-0.15, -0.1) is 12.4 Å². The summed E-state index contributed by atoms with van der Waals surface area (Å²) < 4.78 is 56.9. The Kier molecular flexibility index (Phi) is 6.67. The molecule has 0 unspecified atom stereocenters. The number of para-hydroxylation sites is 2. The zero-order valence-electron chi connectivity index (χ0n) is 13.7. The minimum atomic E-state index is -3.57. The van der Waals surface area contributed by atoms with Gasteiger partial charge in [0.1, 0.15) is 11.5 Å². The molecule has 0 atom stereocenters. The van der Waals surface area contributed by atoms with Crippen molar-refractivity contribution in [1.82, 2.24) is 0 Å². The second kappa shape index (κ2) is 8.38. The predicted octanol–water partition coefficient (Wildman–Crippen LogP) is 3.90. The van der Waals surface area contributed by atoms with E-state index in [9.17, 15) is 17.9 Å². The van der Waals surface area contributed by atoms with Crippen LogP contribution in [0.4, 0.5) is 25.8 Å². The largest absolute Gasteiger partial charge is 0.378 e. The van der Waals surface area contributed by atoms with Gasteiger partial charge in [0.05, 0.1) is 31.1 Å². The maximum atomic E-state index is 14.3. The Morgan fingerprint density at radius 3 is 2.35 bits per heavy atom. The van der Waals surface area contributed by atoms with Crippen molar-refractivity contribution < 1.29 is 22.6 Å². The van der Waals surface area contributed by atoms with Crippen LogP contribution in [0.1, 0.15) is 0 Å². The summed E-state index contributed by atoms with van der Waals surface area (Å²) in [5.74, 6) is -1.62. The van der Waals surface area contributed by atoms with Crippen LogP contribution in [0.5, 0.6) is 0 Å². The summed E-state index contributed by atoms with van der Waals surface area (Å²) in [4.78, 5) is 0. The van der Waals surface area contributed by atoms with Crippen LogP contribution >= 0.6 is 23.4 Å². The SMILES string of the molecule is Cl.NCCOCCN1c2ccccc2N(c2ccc(F)cc2F)S1(O)O. The fourth-order valence-corrected chi connectivity index (χ4v) is 4.46. The Balaban J connectivity index is 0.00000243. The van der Waals surface area contributed by atoms with Gasteiger partial charge in [0.15, 0.2) is 5.82 Å². The molecule has 0 aliphatic carbocycles. The van der Waals surface area contributed by atoms with Gasteiger partial charge < -0.3 is 10.5 Å². The number of rotatable bonds is 6. The zero-order chi connectivity index (χ0) is 18.0. The van der Waals surface area contributed by atoms with E-state index in [2.05, 4.69) is 0 Å². The Morgan fingerprint density at radius 1 is 1.00 bits per heavy atom. The Hall–Kier alpha value is -1.62. The van der Waals surface area contributed by atoms with E-state index in [1.807, 2.05) is 0 Å². The lowest BCUT2D eigenvalue weighted by molar-refractivity contribution is 0.149. The van der Waals surface area contributed by atoms with E-state index in [0.717, 1.165) is 10.4 Å². The standard InChI is InChI=1S/C16H19F2N3O3S.ClH/c17-12-5-6-14(13(18)11-12)21-16-4-2-1-3-15(16)20(25(21,22)23)8-10-24-9-7-19;/h1-6,11,22-23H,7-10,19H2;1H. The molecule has 1 aliphatic heterocycles. The fourth-order valence-electron chi connectivity index (χ4n) is 2.69. The lowest BCUT2D eigenvalue weighted by atomic mass is 10.2. The summed E-state index contributed by atoms with van der Waals surface area (Å²) in [5.41, 5.74) is 6.21. The van der Waals surface area contributed by atoms with Crippen LogP contribution in [-0.2, 0) is 4.74 Å². The van der Waals surface area contributed by atoms with Crippen LogP contribution in [-0.4, -0.2) is 35.4 Å². The van der Waals surface area contributed by atoms with Gasteiger partial charge in [0, 0.05) is 12.6 Å². The number of hydrogen-bond donors (Lipinski definition) is 3. The summed E-state index contributed by atoms with van der Waals surface area (Å²) in [6.45, 7) is 1.12. The third-order valence-electron chi connectivity index (χ3n) is 3.74. The van der Waals surface area contributed by atoms with Gasteiger partial charge in [-0.3, -0.25) is 9.11 Å². The molecule has 26 heavy (non-hydrogen) atoms. The Bertz CT molecular complexity index is 769. The van der Waals surface area contributed by atoms with E-state index >= 15 is 0 Å². The fraction of sp³-hybridized carbons (Fsp3) is 0.250. The van der Waals surface area contributed by atoms with Crippen molar-refractivity contribution >= 4 is 40.4 Å². The molecule has 0 spiro atoms. The van der Waals surface area contributed by atoms with Crippen molar-refractivity contribution in [3.63, 3.8) is 0 Å². The van der Waals surface area contributed by atoms with Crippen LogP contribution in [0.25, 0.3) is 0 Å². The van der Waals surface area contributed by atoms with Crippen molar-refractivity contribution in [2.75, 3.05) is 34.9 Å². The molecule has 0 fully saturated rings. The number of fused-ring (bicyclic) bond motifs is 1. The number of nitrogens with two attached hydrogens (primary N) is 1. The lowest BCUT2D eigenvalue weighted by Gasteiger charge is -2.43. The number of halogens is 3. The van der Waals surface area contributed by atoms with Crippen LogP contribution in [0.15, 0.2) is 42.5 Å². The number of anilines is 3. The Labute approximate surface area is 158 Å². The van der Waals surface area contributed by atoms with E-state index in [1.165, 1.54) is 10.4 Å². The summed E-state index contributed by atoms with van der Waals surface area (Å²) in [5, 5.41) is 0. The third kappa shape index (κ3) is 3.73. The highest BCUT2D eigenvalue weighted by atomic mass is 35.5. The highest BCUT2D eigenvalue weighted by molar-refractivity contribution is 8.27. The smallest absolute Gasteiger partial charge is 0.151 e. The molecule has 3 rings (SSSR count). The van der Waals surface area contributed by atoms with Crippen molar-refractivity contribution in [3.05, 3.63) is 54.1 Å². The minimum absolute atomic E-state index is 0. The van der Waals surface area contributed by atoms with Crippen LogP contribution < -0.4 is 14.3 Å². The molecule has 10 heteroatoms. The minimum Gasteiger partial charge on any atom is -0.378 e. The van der Waals surface area contributed by atoms with Gasteiger partial charge in [0.25, 0.3) is 0 Å². The molecule has 4 N–H and O–H groups in total. The summed E-state index contributed by atoms with van der Waals surface area (Å²) in [6.07, 6.45) is 0. The third-order valence-corrected chi connectivity index (χ3v) is 5.59. The number of nitrogens with zero attached hydrogens (tertiary/aromatic N) is 2. The maximum Gasteiger partial charge on any atom is 0.151 e. The summed E-state index contributed by atoms with van der Waals surface area (Å²) in [7, 11) is -3.57. The van der Waals surface area contributed by atoms with Crippen LogP contribution in [0, 0.1) is 11.6 Å². The van der Waals surface area contributed by atoms with E-state index in [-0.39, 0.29) is 31.2 Å². The molecular weight excluding hydrogens is 388 g/mol. The predicted molar refractivity (Wildman–Crippen MR) is 102 cm³/mol. The van der Waals surface area contributed by atoms with Crippen molar-refractivity contribution in [3.8, 4) is 0 Å². The van der Waals surface area contributed by atoms with Gasteiger partial charge in [-0.25, -0.2) is 17.4 Å². The molecular formula is C16H20ClF2N3O3S. The highest BCUT2D eigenvalue weighted by Crippen LogP contribution is 2.64. The molecule has 0 bridgehead atoms. The van der Waals surface area contributed by atoms with Gasteiger partial charge >= 0.3 is 0 Å². The normalized spacial score (nSPS) is 16.2. The number of hydrogen-bond acceptors (Lipinski definition) is 6. The van der Waals surface area contributed by atoms with E-state index in [0.29, 0.717) is 30.6 Å². The second-order valence-corrected chi connectivity index (χ2v) is 7.16. The van der Waals surface area contributed by atoms with Gasteiger partial charge in [-0.1, -0.05) is 12.1 Å². The van der Waals surface area contributed by atoms with Crippen molar-refractivity contribution in [2.24, 2.45) is 5.73 Å². The molecule has 0 aromatic heterocycles. The second-order valence-electron chi connectivity index (χ2n) is 5.37. The van der Waals surface area contributed by atoms with Gasteiger partial charge in [-0.2, -0.15) is 0 Å².